The molecule has 0 heterocycles. The number of hydrogen-bond donors (Lipinski definition) is 0. The fourth-order valence-electron chi connectivity index (χ4n) is 1.63. The number of benzene rings is 2. The maximum atomic E-state index is 13.2. The van der Waals surface area contributed by atoms with E-state index in [0.29, 0.717) is 27.6 Å². The van der Waals surface area contributed by atoms with Gasteiger partial charge in [0.2, 0.25) is 0 Å². The first-order valence-corrected chi connectivity index (χ1v) is 5.62. The molecule has 0 saturated heterocycles. The van der Waals surface area contributed by atoms with Crippen LogP contribution in [0.25, 0.3) is 11.1 Å². The van der Waals surface area contributed by atoms with E-state index >= 15 is 0 Å². The van der Waals surface area contributed by atoms with E-state index in [0.717, 1.165) is 0 Å². The summed E-state index contributed by atoms with van der Waals surface area (Å²) in [5.41, 5.74) is 1.26. The second kappa shape index (κ2) is 5.27. The van der Waals surface area contributed by atoms with E-state index in [2.05, 4.69) is 6.07 Å². The van der Waals surface area contributed by atoms with E-state index in [1.807, 2.05) is 0 Å². The van der Waals surface area contributed by atoms with Gasteiger partial charge in [-0.25, -0.2) is 4.39 Å². The number of rotatable bonds is 3. The molecule has 1 radical (unpaired) electrons. The Bertz CT molecular complexity index is 547. The smallest absolute Gasteiger partial charge is 0.124 e. The molecule has 0 aliphatic heterocycles. The Morgan fingerprint density at radius 3 is 2.22 bits per heavy atom. The minimum Gasteiger partial charge on any atom is -0.497 e. The van der Waals surface area contributed by atoms with Crippen LogP contribution in [0.4, 0.5) is 4.39 Å². The summed E-state index contributed by atoms with van der Waals surface area (Å²) in [5, 5.41) is 0.353. The highest BCUT2D eigenvalue weighted by Crippen LogP contribution is 2.33. The van der Waals surface area contributed by atoms with Crippen LogP contribution in [0.2, 0.25) is 5.02 Å². The third-order valence-electron chi connectivity index (χ3n) is 2.52. The second-order valence-electron chi connectivity index (χ2n) is 3.65. The van der Waals surface area contributed by atoms with Gasteiger partial charge in [-0.2, -0.15) is 0 Å². The topological polar surface area (TPSA) is 18.5 Å². The first-order chi connectivity index (χ1) is 8.63. The molecule has 0 aliphatic carbocycles. The lowest BCUT2D eigenvalue weighted by atomic mass is 10.0. The van der Waals surface area contributed by atoms with Gasteiger partial charge in [-0.15, -0.1) is 0 Å². The van der Waals surface area contributed by atoms with Crippen LogP contribution in [0.15, 0.2) is 30.3 Å². The molecule has 2 aromatic rings. The third kappa shape index (κ3) is 2.57. The first-order valence-electron chi connectivity index (χ1n) is 5.24. The summed E-state index contributed by atoms with van der Waals surface area (Å²) in [4.78, 5) is 0. The molecule has 0 amide bonds. The zero-order chi connectivity index (χ0) is 13.1. The Kier molecular flexibility index (Phi) is 3.72. The molecule has 4 heteroatoms. The molecule has 0 unspecified atom stereocenters. The van der Waals surface area contributed by atoms with Crippen LogP contribution in [-0.2, 0) is 0 Å². The van der Waals surface area contributed by atoms with Crippen LogP contribution < -0.4 is 9.47 Å². The van der Waals surface area contributed by atoms with Gasteiger partial charge in [-0.05, 0) is 29.8 Å². The van der Waals surface area contributed by atoms with Crippen molar-refractivity contribution in [1.82, 2.24) is 0 Å². The Morgan fingerprint density at radius 2 is 1.67 bits per heavy atom. The van der Waals surface area contributed by atoms with Gasteiger partial charge >= 0.3 is 0 Å². The summed E-state index contributed by atoms with van der Waals surface area (Å²) in [6.45, 7) is 0. The Morgan fingerprint density at radius 1 is 1.06 bits per heavy atom. The molecule has 0 atom stereocenters. The number of halogens is 2. The van der Waals surface area contributed by atoms with E-state index in [1.54, 1.807) is 32.4 Å². The van der Waals surface area contributed by atoms with Crippen molar-refractivity contribution >= 4 is 11.6 Å². The maximum absolute atomic E-state index is 13.2. The molecule has 93 valence electrons. The van der Waals surface area contributed by atoms with Crippen molar-refractivity contribution in [2.75, 3.05) is 14.2 Å². The first kappa shape index (κ1) is 12.7. The molecule has 18 heavy (non-hydrogen) atoms. The number of hydrogen-bond acceptors (Lipinski definition) is 2. The van der Waals surface area contributed by atoms with Crippen molar-refractivity contribution in [3.8, 4) is 22.6 Å². The monoisotopic (exact) mass is 265 g/mol. The average Bonchev–Trinajstić information content (AvgIpc) is 2.40. The molecule has 0 aliphatic rings. The lowest BCUT2D eigenvalue weighted by molar-refractivity contribution is 0.394. The molecule has 0 aromatic heterocycles. The van der Waals surface area contributed by atoms with Crippen molar-refractivity contribution in [2.45, 2.75) is 0 Å². The largest absolute Gasteiger partial charge is 0.497 e. The molecule has 2 nitrogen and oxygen atoms in total. The molecular weight excluding hydrogens is 255 g/mol. The molecule has 0 saturated carbocycles. The highest BCUT2D eigenvalue weighted by Gasteiger charge is 2.09. The minimum absolute atomic E-state index is 0.353. The lowest BCUT2D eigenvalue weighted by Gasteiger charge is -2.09. The summed E-state index contributed by atoms with van der Waals surface area (Å²) in [7, 11) is 3.11. The standard InChI is InChI=1S/C14H11ClFO2/c1-17-11-5-9(6-12(8-11)18-2)13-7-10(16)3-4-14(13)15/h3,5-8H,1-2H3. The van der Waals surface area contributed by atoms with Crippen LogP contribution in [0.5, 0.6) is 11.5 Å². The average molecular weight is 266 g/mol. The molecule has 0 fully saturated rings. The van der Waals surface area contributed by atoms with Crippen LogP contribution in [0.1, 0.15) is 0 Å². The summed E-state index contributed by atoms with van der Waals surface area (Å²) >= 11 is 6.02. The number of methoxy groups -OCH3 is 2. The molecule has 0 bridgehead atoms. The van der Waals surface area contributed by atoms with Gasteiger partial charge in [0.05, 0.1) is 19.2 Å². The van der Waals surface area contributed by atoms with E-state index in [9.17, 15) is 4.39 Å². The van der Waals surface area contributed by atoms with Gasteiger partial charge < -0.3 is 9.47 Å². The normalized spacial score (nSPS) is 10.2. The van der Waals surface area contributed by atoms with Crippen molar-refractivity contribution in [3.05, 3.63) is 47.2 Å². The lowest BCUT2D eigenvalue weighted by Crippen LogP contribution is -1.90. The van der Waals surface area contributed by atoms with E-state index in [-0.39, 0.29) is 0 Å². The van der Waals surface area contributed by atoms with Gasteiger partial charge in [-0.1, -0.05) is 11.6 Å². The molecule has 2 aromatic carbocycles. The highest BCUT2D eigenvalue weighted by molar-refractivity contribution is 6.33. The van der Waals surface area contributed by atoms with Gasteiger partial charge in [-0.3, -0.25) is 0 Å². The molecular formula is C14H11ClFO2. The summed E-state index contributed by atoms with van der Waals surface area (Å²) < 4.78 is 23.6. The van der Waals surface area contributed by atoms with Crippen molar-refractivity contribution in [1.29, 1.82) is 0 Å². The fourth-order valence-corrected chi connectivity index (χ4v) is 1.84. The molecule has 0 spiro atoms. The summed E-state index contributed by atoms with van der Waals surface area (Å²) in [6, 6.07) is 10.5. The fraction of sp³-hybridized carbons (Fsp3) is 0.143. The highest BCUT2D eigenvalue weighted by atomic mass is 35.5. The molecule has 2 rings (SSSR count). The van der Waals surface area contributed by atoms with Crippen molar-refractivity contribution in [3.63, 3.8) is 0 Å². The zero-order valence-electron chi connectivity index (χ0n) is 9.96. The molecule has 0 N–H and O–H groups in total. The Labute approximate surface area is 110 Å². The second-order valence-corrected chi connectivity index (χ2v) is 4.02. The number of ether oxygens (including phenoxy) is 2. The third-order valence-corrected chi connectivity index (χ3v) is 2.83. The quantitative estimate of drug-likeness (QED) is 0.836. The van der Waals surface area contributed by atoms with Crippen LogP contribution in [-0.4, -0.2) is 14.2 Å². The van der Waals surface area contributed by atoms with E-state index < -0.39 is 5.82 Å². The van der Waals surface area contributed by atoms with Gasteiger partial charge in [0.25, 0.3) is 0 Å². The van der Waals surface area contributed by atoms with Gasteiger partial charge in [0, 0.05) is 17.7 Å². The van der Waals surface area contributed by atoms with Crippen LogP contribution >= 0.6 is 11.6 Å². The Balaban J connectivity index is 2.58. The van der Waals surface area contributed by atoms with Gasteiger partial charge in [0.15, 0.2) is 0 Å². The van der Waals surface area contributed by atoms with Crippen molar-refractivity contribution in [2.24, 2.45) is 0 Å². The zero-order valence-corrected chi connectivity index (χ0v) is 10.7. The summed E-state index contributed by atoms with van der Waals surface area (Å²) in [6.07, 6.45) is 0. The maximum Gasteiger partial charge on any atom is 0.124 e. The van der Waals surface area contributed by atoms with E-state index in [4.69, 9.17) is 21.1 Å². The Hall–Kier alpha value is -1.74. The van der Waals surface area contributed by atoms with Crippen molar-refractivity contribution < 1.29 is 13.9 Å². The van der Waals surface area contributed by atoms with Gasteiger partial charge in [0.1, 0.15) is 17.3 Å². The van der Waals surface area contributed by atoms with Crippen LogP contribution in [0.3, 0.4) is 0 Å². The predicted molar refractivity (Wildman–Crippen MR) is 68.8 cm³/mol. The SMILES string of the molecule is COc1cc(OC)cc(-c2cc(F)c[c]c2Cl)c1. The minimum atomic E-state index is -0.392. The predicted octanol–water partition coefficient (Wildman–Crippen LogP) is 3.96. The van der Waals surface area contributed by atoms with Crippen LogP contribution in [0, 0.1) is 11.9 Å². The summed E-state index contributed by atoms with van der Waals surface area (Å²) in [5.74, 6) is 0.838. The van der Waals surface area contributed by atoms with E-state index in [1.165, 1.54) is 12.1 Å².